The summed E-state index contributed by atoms with van der Waals surface area (Å²) in [4.78, 5) is 13.0. The molecule has 0 bridgehead atoms. The first kappa shape index (κ1) is 19.9. The Bertz CT molecular complexity index is 1040. The van der Waals surface area contributed by atoms with E-state index in [1.165, 1.54) is 0 Å². The van der Waals surface area contributed by atoms with Gasteiger partial charge in [-0.15, -0.1) is 0 Å². The quantitative estimate of drug-likeness (QED) is 0.407. The first-order valence-corrected chi connectivity index (χ1v) is 11.5. The molecule has 0 fully saturated rings. The van der Waals surface area contributed by atoms with Crippen molar-refractivity contribution in [3.05, 3.63) is 127 Å². The number of hydrogen-bond acceptors (Lipinski definition) is 2. The molecule has 4 heteroatoms. The minimum Gasteiger partial charge on any atom is -0.443 e. The molecule has 0 saturated heterocycles. The predicted molar refractivity (Wildman–Crippen MR) is 124 cm³/mol. The Labute approximate surface area is 177 Å². The summed E-state index contributed by atoms with van der Waals surface area (Å²) in [6.45, 7) is 0.196. The maximum Gasteiger partial charge on any atom is 0.433 e. The van der Waals surface area contributed by atoms with E-state index in [1.54, 1.807) is 0 Å². The summed E-state index contributed by atoms with van der Waals surface area (Å²) in [5, 5.41) is 3.04. The summed E-state index contributed by atoms with van der Waals surface area (Å²) in [5.74, 6) is 0. The maximum atomic E-state index is 13.0. The maximum absolute atomic E-state index is 13.0. The van der Waals surface area contributed by atoms with Gasteiger partial charge in [0, 0.05) is 15.9 Å². The van der Waals surface area contributed by atoms with Crippen LogP contribution < -0.4 is 15.9 Å². The SMILES string of the molecule is O=C(N=P(c1ccccc1)(c1ccccc1)c1ccccc1)OCc1ccccc1. The Morgan fingerprint density at radius 2 is 0.967 bits per heavy atom. The van der Waals surface area contributed by atoms with Crippen molar-refractivity contribution in [3.8, 4) is 0 Å². The topological polar surface area (TPSA) is 38.7 Å². The van der Waals surface area contributed by atoms with E-state index >= 15 is 0 Å². The van der Waals surface area contributed by atoms with E-state index in [1.807, 2.05) is 121 Å². The van der Waals surface area contributed by atoms with Gasteiger partial charge in [-0.2, -0.15) is 4.74 Å². The molecule has 4 aromatic carbocycles. The van der Waals surface area contributed by atoms with Gasteiger partial charge in [0.2, 0.25) is 0 Å². The molecular formula is C26H22NO2P. The number of ether oxygens (including phenoxy) is 1. The Kier molecular flexibility index (Phi) is 6.22. The molecule has 0 heterocycles. The predicted octanol–water partition coefficient (Wildman–Crippen LogP) is 5.50. The molecule has 0 spiro atoms. The molecule has 0 aliphatic heterocycles. The minimum absolute atomic E-state index is 0.196. The molecule has 0 N–H and O–H groups in total. The Hall–Kier alpha value is -3.42. The first-order valence-electron chi connectivity index (χ1n) is 9.79. The van der Waals surface area contributed by atoms with E-state index in [2.05, 4.69) is 0 Å². The van der Waals surface area contributed by atoms with Crippen molar-refractivity contribution in [3.63, 3.8) is 0 Å². The van der Waals surface area contributed by atoms with E-state index in [0.717, 1.165) is 21.5 Å². The second-order valence-electron chi connectivity index (χ2n) is 6.78. The molecule has 148 valence electrons. The van der Waals surface area contributed by atoms with Crippen LogP contribution in [0.1, 0.15) is 5.56 Å². The molecule has 0 aliphatic rings. The standard InChI is InChI=1S/C26H22NO2P/c28-26(29-21-22-13-5-1-6-14-22)27-30(23-15-7-2-8-16-23,24-17-9-3-10-18-24)25-19-11-4-12-20-25/h1-20H,21H2. The fourth-order valence-corrected chi connectivity index (χ4v) is 6.78. The highest BCUT2D eigenvalue weighted by atomic mass is 31.2. The number of benzene rings is 4. The number of amides is 1. The average Bonchev–Trinajstić information content (AvgIpc) is 2.83. The molecule has 4 rings (SSSR count). The number of hydrogen-bond donors (Lipinski definition) is 0. The molecule has 1 amide bonds. The highest BCUT2D eigenvalue weighted by Gasteiger charge is 2.28. The third-order valence-electron chi connectivity index (χ3n) is 4.83. The normalized spacial score (nSPS) is 10.9. The Morgan fingerprint density at radius 3 is 1.37 bits per heavy atom. The van der Waals surface area contributed by atoms with E-state index in [4.69, 9.17) is 9.48 Å². The molecule has 0 atom stereocenters. The smallest absolute Gasteiger partial charge is 0.433 e. The van der Waals surface area contributed by atoms with Crippen LogP contribution in [0.15, 0.2) is 126 Å². The largest absolute Gasteiger partial charge is 0.443 e. The summed E-state index contributed by atoms with van der Waals surface area (Å²) in [7, 11) is -2.58. The molecule has 0 aliphatic carbocycles. The van der Waals surface area contributed by atoms with Gasteiger partial charge in [0.25, 0.3) is 0 Å². The van der Waals surface area contributed by atoms with Gasteiger partial charge < -0.3 is 4.74 Å². The lowest BCUT2D eigenvalue weighted by atomic mass is 10.2. The van der Waals surface area contributed by atoms with Gasteiger partial charge in [-0.1, -0.05) is 121 Å². The number of nitrogens with zero attached hydrogens (tertiary/aromatic N) is 1. The number of rotatable bonds is 5. The van der Waals surface area contributed by atoms with Crippen LogP contribution in [0.5, 0.6) is 0 Å². The Morgan fingerprint density at radius 1 is 0.600 bits per heavy atom. The van der Waals surface area contributed by atoms with E-state index in [0.29, 0.717) is 0 Å². The van der Waals surface area contributed by atoms with Crippen molar-refractivity contribution in [2.75, 3.05) is 0 Å². The summed E-state index contributed by atoms with van der Waals surface area (Å²) < 4.78 is 10.4. The highest BCUT2D eigenvalue weighted by molar-refractivity contribution is 7.87. The highest BCUT2D eigenvalue weighted by Crippen LogP contribution is 2.46. The van der Waals surface area contributed by atoms with Gasteiger partial charge in [-0.05, 0) is 5.56 Å². The van der Waals surface area contributed by atoms with Gasteiger partial charge in [-0.25, -0.2) is 4.79 Å². The van der Waals surface area contributed by atoms with Gasteiger partial charge in [0.05, 0.1) is 7.05 Å². The van der Waals surface area contributed by atoms with E-state index in [9.17, 15) is 4.79 Å². The zero-order chi connectivity index (χ0) is 20.7. The first-order chi connectivity index (χ1) is 14.8. The third kappa shape index (κ3) is 4.27. The summed E-state index contributed by atoms with van der Waals surface area (Å²) >= 11 is 0. The van der Waals surface area contributed by atoms with Crippen molar-refractivity contribution in [1.29, 1.82) is 0 Å². The lowest BCUT2D eigenvalue weighted by Crippen LogP contribution is -2.26. The summed E-state index contributed by atoms with van der Waals surface area (Å²) in [6.07, 6.45) is -0.552. The van der Waals surface area contributed by atoms with Crippen molar-refractivity contribution in [2.45, 2.75) is 6.61 Å². The number of carbonyl (C=O) groups excluding carboxylic acids is 1. The van der Waals surface area contributed by atoms with E-state index in [-0.39, 0.29) is 6.61 Å². The zero-order valence-electron chi connectivity index (χ0n) is 16.5. The second kappa shape index (κ2) is 9.39. The Balaban J connectivity index is 1.86. The van der Waals surface area contributed by atoms with Crippen LogP contribution >= 0.6 is 7.05 Å². The van der Waals surface area contributed by atoms with Crippen molar-refractivity contribution in [1.82, 2.24) is 0 Å². The molecule has 30 heavy (non-hydrogen) atoms. The molecule has 0 radical (unpaired) electrons. The molecule has 0 aromatic heterocycles. The van der Waals surface area contributed by atoms with E-state index < -0.39 is 13.1 Å². The average molecular weight is 411 g/mol. The number of carbonyl (C=O) groups is 1. The monoisotopic (exact) mass is 411 g/mol. The van der Waals surface area contributed by atoms with Crippen LogP contribution in [0.25, 0.3) is 0 Å². The van der Waals surface area contributed by atoms with Crippen LogP contribution in [0.3, 0.4) is 0 Å². The fourth-order valence-electron chi connectivity index (χ4n) is 3.42. The summed E-state index contributed by atoms with van der Waals surface area (Å²) in [5.41, 5.74) is 0.934. The molecule has 3 nitrogen and oxygen atoms in total. The van der Waals surface area contributed by atoms with Gasteiger partial charge in [-0.3, -0.25) is 0 Å². The fraction of sp³-hybridized carbons (Fsp3) is 0.0385. The van der Waals surface area contributed by atoms with Crippen molar-refractivity contribution < 1.29 is 9.53 Å². The molecule has 0 saturated carbocycles. The van der Waals surface area contributed by atoms with Gasteiger partial charge in [0.1, 0.15) is 6.61 Å². The third-order valence-corrected chi connectivity index (χ3v) is 8.43. The molecular weight excluding hydrogens is 389 g/mol. The summed E-state index contributed by atoms with van der Waals surface area (Å²) in [6, 6.07) is 39.8. The minimum atomic E-state index is -2.58. The molecule has 0 unspecified atom stereocenters. The second-order valence-corrected chi connectivity index (χ2v) is 9.80. The van der Waals surface area contributed by atoms with Gasteiger partial charge >= 0.3 is 6.09 Å². The molecule has 4 aromatic rings. The lowest BCUT2D eigenvalue weighted by Gasteiger charge is -2.26. The lowest BCUT2D eigenvalue weighted by molar-refractivity contribution is 0.151. The zero-order valence-corrected chi connectivity index (χ0v) is 17.4. The van der Waals surface area contributed by atoms with Crippen LogP contribution in [-0.4, -0.2) is 6.09 Å². The van der Waals surface area contributed by atoms with Crippen molar-refractivity contribution in [2.24, 2.45) is 4.74 Å². The van der Waals surface area contributed by atoms with Crippen LogP contribution in [-0.2, 0) is 11.3 Å². The van der Waals surface area contributed by atoms with Crippen LogP contribution in [0.4, 0.5) is 4.79 Å². The van der Waals surface area contributed by atoms with Crippen molar-refractivity contribution >= 4 is 29.1 Å². The van der Waals surface area contributed by atoms with Crippen LogP contribution in [0.2, 0.25) is 0 Å². The van der Waals surface area contributed by atoms with Gasteiger partial charge in [0.15, 0.2) is 0 Å². The van der Waals surface area contributed by atoms with Crippen LogP contribution in [0, 0.1) is 0 Å².